The molecule has 0 bridgehead atoms. The van der Waals surface area contributed by atoms with Gasteiger partial charge in [0.2, 0.25) is 0 Å². The van der Waals surface area contributed by atoms with Crippen LogP contribution in [0, 0.1) is 18.4 Å². The quantitative estimate of drug-likeness (QED) is 0.389. The fourth-order valence-electron chi connectivity index (χ4n) is 2.55. The highest BCUT2D eigenvalue weighted by molar-refractivity contribution is 6.83. The van der Waals surface area contributed by atoms with Gasteiger partial charge in [-0.15, -0.1) is 10.6 Å². The molecular weight excluding hydrogens is 330 g/mol. The van der Waals surface area contributed by atoms with E-state index in [-0.39, 0.29) is 0 Å². The number of benzene rings is 1. The molecule has 4 rings (SSSR count). The largest absolute Gasteiger partial charge is 0.361 e. The van der Waals surface area contributed by atoms with Crippen LogP contribution >= 0.6 is 0 Å². The number of rotatable bonds is 1. The summed E-state index contributed by atoms with van der Waals surface area (Å²) in [6.45, 7) is 8.48. The number of aryl methyl sites for hydroxylation is 1. The lowest BCUT2D eigenvalue weighted by Crippen LogP contribution is -2.16. The van der Waals surface area contributed by atoms with Crippen LogP contribution in [-0.4, -0.2) is 33.0 Å². The van der Waals surface area contributed by atoms with Crippen LogP contribution in [0.4, 0.5) is 0 Å². The van der Waals surface area contributed by atoms with E-state index in [0.717, 1.165) is 22.4 Å². The highest BCUT2D eigenvalue weighted by Crippen LogP contribution is 2.25. The van der Waals surface area contributed by atoms with Gasteiger partial charge in [0.1, 0.15) is 25.2 Å². The molecule has 124 valence electrons. The smallest absolute Gasteiger partial charge is 0.187 e. The van der Waals surface area contributed by atoms with Crippen molar-refractivity contribution in [1.82, 2.24) is 25.0 Å². The third kappa shape index (κ3) is 2.81. The number of aromatic nitrogens is 5. The molecule has 0 N–H and O–H groups in total. The Labute approximate surface area is 145 Å². The maximum absolute atomic E-state index is 5.17. The minimum atomic E-state index is -1.52. The first-order valence-electron chi connectivity index (χ1n) is 8.03. The molecule has 0 radical (unpaired) electrons. The van der Waals surface area contributed by atoms with E-state index in [4.69, 9.17) is 9.51 Å². The Hall–Kier alpha value is -2.98. The molecule has 7 heteroatoms. The first kappa shape index (κ1) is 15.5. The second-order valence-corrected chi connectivity index (χ2v) is 11.7. The summed E-state index contributed by atoms with van der Waals surface area (Å²) in [6.07, 6.45) is 0. The number of nitrogens with zero attached hydrogens (tertiary/aromatic N) is 5. The SMILES string of the molecule is Cc1cc(-c2nnn3c2nc(C#C[Si](C)(C)C)c2ccccc23)no1. The third-order valence-corrected chi connectivity index (χ3v) is 4.55. The molecule has 0 unspecified atom stereocenters. The van der Waals surface area contributed by atoms with Gasteiger partial charge in [0.25, 0.3) is 0 Å². The fourth-order valence-corrected chi connectivity index (χ4v) is 3.04. The summed E-state index contributed by atoms with van der Waals surface area (Å²) >= 11 is 0. The van der Waals surface area contributed by atoms with Crippen molar-refractivity contribution in [2.24, 2.45) is 0 Å². The van der Waals surface area contributed by atoms with Crippen molar-refractivity contribution in [3.63, 3.8) is 0 Å². The Kier molecular flexibility index (Phi) is 3.44. The molecule has 4 aromatic rings. The Balaban J connectivity index is 2.04. The average molecular weight is 347 g/mol. The molecule has 1 aromatic carbocycles. The van der Waals surface area contributed by atoms with Crippen LogP contribution in [-0.2, 0) is 0 Å². The first-order valence-corrected chi connectivity index (χ1v) is 11.5. The zero-order chi connectivity index (χ0) is 17.6. The van der Waals surface area contributed by atoms with E-state index in [0.29, 0.717) is 17.0 Å². The van der Waals surface area contributed by atoms with Gasteiger partial charge in [-0.25, -0.2) is 4.98 Å². The Morgan fingerprint density at radius 1 is 1.16 bits per heavy atom. The van der Waals surface area contributed by atoms with Crippen LogP contribution in [0.25, 0.3) is 27.9 Å². The van der Waals surface area contributed by atoms with E-state index in [1.54, 1.807) is 4.52 Å². The van der Waals surface area contributed by atoms with Gasteiger partial charge < -0.3 is 4.52 Å². The van der Waals surface area contributed by atoms with Crippen molar-refractivity contribution in [3.05, 3.63) is 41.8 Å². The fraction of sp³-hybridized carbons (Fsp3) is 0.222. The van der Waals surface area contributed by atoms with Crippen LogP contribution in [0.1, 0.15) is 11.5 Å². The second kappa shape index (κ2) is 5.53. The predicted octanol–water partition coefficient (Wildman–Crippen LogP) is 3.47. The van der Waals surface area contributed by atoms with Gasteiger partial charge in [-0.05, 0) is 19.1 Å². The van der Waals surface area contributed by atoms with Gasteiger partial charge in [-0.1, -0.05) is 48.1 Å². The van der Waals surface area contributed by atoms with Gasteiger partial charge in [-0.2, -0.15) is 4.52 Å². The van der Waals surface area contributed by atoms with Crippen molar-refractivity contribution in [2.45, 2.75) is 26.6 Å². The lowest BCUT2D eigenvalue weighted by atomic mass is 10.2. The van der Waals surface area contributed by atoms with Crippen molar-refractivity contribution in [2.75, 3.05) is 0 Å². The molecule has 6 nitrogen and oxygen atoms in total. The normalized spacial score (nSPS) is 11.7. The van der Waals surface area contributed by atoms with Crippen molar-refractivity contribution in [3.8, 4) is 22.9 Å². The topological polar surface area (TPSA) is 69.1 Å². The van der Waals surface area contributed by atoms with Crippen molar-refractivity contribution in [1.29, 1.82) is 0 Å². The van der Waals surface area contributed by atoms with Crippen LogP contribution in [0.5, 0.6) is 0 Å². The van der Waals surface area contributed by atoms with Crippen LogP contribution in [0.3, 0.4) is 0 Å². The molecule has 0 amide bonds. The summed E-state index contributed by atoms with van der Waals surface area (Å²) < 4.78 is 6.90. The molecule has 0 saturated heterocycles. The summed E-state index contributed by atoms with van der Waals surface area (Å²) in [5, 5.41) is 13.5. The van der Waals surface area contributed by atoms with Gasteiger partial charge in [-0.3, -0.25) is 0 Å². The summed E-state index contributed by atoms with van der Waals surface area (Å²) in [4.78, 5) is 4.76. The van der Waals surface area contributed by atoms with E-state index in [2.05, 4.69) is 46.6 Å². The molecule has 0 saturated carbocycles. The molecule has 3 heterocycles. The molecule has 25 heavy (non-hydrogen) atoms. The van der Waals surface area contributed by atoms with Crippen LogP contribution in [0.2, 0.25) is 19.6 Å². The maximum atomic E-state index is 5.17. The monoisotopic (exact) mass is 347 g/mol. The Morgan fingerprint density at radius 3 is 2.68 bits per heavy atom. The van der Waals surface area contributed by atoms with Gasteiger partial charge in [0.05, 0.1) is 5.52 Å². The summed E-state index contributed by atoms with van der Waals surface area (Å²) in [5.74, 6) is 4.00. The minimum Gasteiger partial charge on any atom is -0.361 e. The molecule has 0 spiro atoms. The number of para-hydroxylation sites is 1. The molecule has 0 atom stereocenters. The molecule has 0 aliphatic heterocycles. The predicted molar refractivity (Wildman–Crippen MR) is 98.7 cm³/mol. The zero-order valence-electron chi connectivity index (χ0n) is 14.5. The highest BCUT2D eigenvalue weighted by Gasteiger charge is 2.17. The lowest BCUT2D eigenvalue weighted by molar-refractivity contribution is 0.399. The Bertz CT molecular complexity index is 1160. The number of fused-ring (bicyclic) bond motifs is 3. The summed E-state index contributed by atoms with van der Waals surface area (Å²) in [7, 11) is -1.52. The van der Waals surface area contributed by atoms with Crippen LogP contribution in [0.15, 0.2) is 34.9 Å². The maximum Gasteiger partial charge on any atom is 0.187 e. The van der Waals surface area contributed by atoms with Gasteiger partial charge in [0, 0.05) is 11.5 Å². The van der Waals surface area contributed by atoms with Crippen molar-refractivity contribution < 1.29 is 4.52 Å². The molecule has 0 aliphatic carbocycles. The molecule has 0 fully saturated rings. The van der Waals surface area contributed by atoms with Crippen LogP contribution < -0.4 is 0 Å². The lowest BCUT2D eigenvalue weighted by Gasteiger charge is -2.05. The zero-order valence-corrected chi connectivity index (χ0v) is 15.5. The number of hydrogen-bond donors (Lipinski definition) is 0. The molecular formula is C18H17N5OSi. The number of hydrogen-bond acceptors (Lipinski definition) is 5. The summed E-state index contributed by atoms with van der Waals surface area (Å²) in [5.41, 5.74) is 6.91. The van der Waals surface area contributed by atoms with E-state index in [1.807, 2.05) is 37.3 Å². The van der Waals surface area contributed by atoms with E-state index in [1.165, 1.54) is 0 Å². The van der Waals surface area contributed by atoms with Gasteiger partial charge >= 0.3 is 0 Å². The van der Waals surface area contributed by atoms with E-state index in [9.17, 15) is 0 Å². The average Bonchev–Trinajstić information content (AvgIpc) is 3.17. The highest BCUT2D eigenvalue weighted by atomic mass is 28.3. The summed E-state index contributed by atoms with van der Waals surface area (Å²) in [6, 6.07) is 9.79. The minimum absolute atomic E-state index is 0.596. The van der Waals surface area contributed by atoms with E-state index < -0.39 is 8.07 Å². The molecule has 0 aliphatic rings. The van der Waals surface area contributed by atoms with E-state index >= 15 is 0 Å². The third-order valence-electron chi connectivity index (χ3n) is 3.68. The first-order chi connectivity index (χ1) is 11.9. The Morgan fingerprint density at radius 2 is 1.96 bits per heavy atom. The van der Waals surface area contributed by atoms with Crippen molar-refractivity contribution >= 4 is 24.6 Å². The molecule has 3 aromatic heterocycles. The standard InChI is InChI=1S/C18H17N5OSi/c1-12-11-15(21-24-12)17-18-19-14(9-10-25(2,3)4)13-7-5-6-8-16(13)23(18)22-20-17/h5-8,11H,1-4H3. The second-order valence-electron chi connectivity index (χ2n) is 6.97. The van der Waals surface area contributed by atoms with Gasteiger partial charge in [0.15, 0.2) is 11.3 Å².